The minimum absolute atomic E-state index is 0.160. The lowest BCUT2D eigenvalue weighted by Gasteiger charge is -2.14. The molecule has 0 spiro atoms. The van der Waals surface area contributed by atoms with E-state index in [1.54, 1.807) is 6.20 Å². The Kier molecular flexibility index (Phi) is 6.57. The van der Waals surface area contributed by atoms with E-state index in [-0.39, 0.29) is 12.1 Å². The summed E-state index contributed by atoms with van der Waals surface area (Å²) in [7, 11) is 1.44. The lowest BCUT2D eigenvalue weighted by molar-refractivity contribution is -0.143. The zero-order valence-electron chi connectivity index (χ0n) is 20.1. The number of amides is 1. The second-order valence-electron chi connectivity index (χ2n) is 8.88. The summed E-state index contributed by atoms with van der Waals surface area (Å²) in [5, 5.41) is 2.83. The number of nitrogens with one attached hydrogen (secondary N) is 1. The molecule has 7 heteroatoms. The molecule has 1 fully saturated rings. The summed E-state index contributed by atoms with van der Waals surface area (Å²) in [4.78, 5) is 25.5. The molecule has 5 rings (SSSR count). The molecule has 1 saturated carbocycles. The fraction of sp³-hybridized carbons (Fsp3) is 0.207. The normalized spacial score (nSPS) is 14.5. The molecule has 0 aliphatic heterocycles. The molecule has 0 radical (unpaired) electrons. The number of benzene rings is 3. The van der Waals surface area contributed by atoms with Crippen LogP contribution in [0.5, 0.6) is 0 Å². The molecular weight excluding hydrogens is 472 g/mol. The highest BCUT2D eigenvalue weighted by molar-refractivity contribution is 7.10. The number of rotatable bonds is 7. The largest absolute Gasteiger partial charge is 0.468 e. The van der Waals surface area contributed by atoms with Gasteiger partial charge in [0, 0.05) is 0 Å². The van der Waals surface area contributed by atoms with E-state index >= 15 is 0 Å². The van der Waals surface area contributed by atoms with Crippen LogP contribution in [0.3, 0.4) is 0 Å². The number of carbonyl (C=O) groups is 2. The molecule has 0 bridgehead atoms. The zero-order valence-corrected chi connectivity index (χ0v) is 20.9. The Morgan fingerprint density at radius 3 is 2.14 bits per heavy atom. The van der Waals surface area contributed by atoms with Gasteiger partial charge >= 0.3 is 12.1 Å². The monoisotopic (exact) mass is 498 g/mol. The fourth-order valence-corrected chi connectivity index (χ4v) is 5.06. The van der Waals surface area contributed by atoms with Gasteiger partial charge in [-0.15, -0.1) is 0 Å². The van der Waals surface area contributed by atoms with Gasteiger partial charge in [0.15, 0.2) is 0 Å². The first-order valence-corrected chi connectivity index (χ1v) is 12.5. The summed E-state index contributed by atoms with van der Waals surface area (Å²) in [5.41, 5.74) is 5.15. The summed E-state index contributed by atoms with van der Waals surface area (Å²) < 4.78 is 14.8. The van der Waals surface area contributed by atoms with Crippen molar-refractivity contribution in [2.24, 2.45) is 0 Å². The number of hydrogen-bond acceptors (Lipinski definition) is 6. The van der Waals surface area contributed by atoms with Crippen molar-refractivity contribution in [3.05, 3.63) is 96.2 Å². The molecule has 6 nitrogen and oxygen atoms in total. The number of carbonyl (C=O) groups excluding carboxylic acids is 2. The first kappa shape index (κ1) is 23.8. The van der Waals surface area contributed by atoms with Gasteiger partial charge < -0.3 is 9.47 Å². The number of nitrogens with zero attached hydrogens (tertiary/aromatic N) is 1. The van der Waals surface area contributed by atoms with Crippen molar-refractivity contribution in [2.45, 2.75) is 31.3 Å². The van der Waals surface area contributed by atoms with Crippen molar-refractivity contribution in [3.63, 3.8) is 0 Å². The van der Waals surface area contributed by atoms with Gasteiger partial charge in [-0.25, -0.2) is 4.79 Å². The third kappa shape index (κ3) is 4.75. The van der Waals surface area contributed by atoms with E-state index in [4.69, 9.17) is 9.47 Å². The SMILES string of the molecule is COC(=O)C1(c2ccc(-c3ccc(-c4sncc4NC(=O)O[C@H](C)c4ccccc4)cc3)cc2)CC1. The van der Waals surface area contributed by atoms with Crippen molar-refractivity contribution in [1.29, 1.82) is 0 Å². The minimum atomic E-state index is -0.523. The van der Waals surface area contributed by atoms with Crippen molar-refractivity contribution < 1.29 is 19.1 Å². The van der Waals surface area contributed by atoms with Crippen LogP contribution in [0.2, 0.25) is 0 Å². The molecule has 0 unspecified atom stereocenters. The average molecular weight is 499 g/mol. The smallest absolute Gasteiger partial charge is 0.412 e. The highest BCUT2D eigenvalue weighted by Crippen LogP contribution is 2.49. The molecule has 3 aromatic carbocycles. The maximum absolute atomic E-state index is 12.5. The number of aromatic nitrogens is 1. The van der Waals surface area contributed by atoms with E-state index in [9.17, 15) is 9.59 Å². The van der Waals surface area contributed by atoms with Crippen LogP contribution in [0, 0.1) is 0 Å². The Morgan fingerprint density at radius 2 is 1.53 bits per heavy atom. The van der Waals surface area contributed by atoms with Gasteiger partial charge in [-0.1, -0.05) is 78.9 Å². The predicted octanol–water partition coefficient (Wildman–Crippen LogP) is 6.99. The van der Waals surface area contributed by atoms with E-state index in [0.717, 1.165) is 45.5 Å². The molecule has 36 heavy (non-hydrogen) atoms. The van der Waals surface area contributed by atoms with E-state index in [2.05, 4.69) is 9.69 Å². The number of anilines is 1. The topological polar surface area (TPSA) is 77.5 Å². The fourth-order valence-electron chi connectivity index (χ4n) is 4.36. The molecule has 0 saturated heterocycles. The number of esters is 1. The Hall–Kier alpha value is -3.97. The molecule has 1 aliphatic rings. The van der Waals surface area contributed by atoms with Crippen LogP contribution in [0.4, 0.5) is 10.5 Å². The van der Waals surface area contributed by atoms with Crippen molar-refractivity contribution in [1.82, 2.24) is 4.37 Å². The van der Waals surface area contributed by atoms with Crippen LogP contribution in [0.15, 0.2) is 85.1 Å². The maximum Gasteiger partial charge on any atom is 0.412 e. The van der Waals surface area contributed by atoms with Gasteiger partial charge in [-0.3, -0.25) is 10.1 Å². The molecule has 182 valence electrons. The van der Waals surface area contributed by atoms with Crippen LogP contribution in [-0.2, 0) is 19.7 Å². The summed E-state index contributed by atoms with van der Waals surface area (Å²) in [6, 6.07) is 25.8. The Labute approximate surface area is 214 Å². The Balaban J connectivity index is 1.27. The summed E-state index contributed by atoms with van der Waals surface area (Å²) >= 11 is 1.31. The average Bonchev–Trinajstić information content (AvgIpc) is 3.61. The van der Waals surface area contributed by atoms with Crippen molar-refractivity contribution >= 4 is 29.3 Å². The quantitative estimate of drug-likeness (QED) is 0.278. The first-order valence-electron chi connectivity index (χ1n) is 11.8. The highest BCUT2D eigenvalue weighted by atomic mass is 32.1. The predicted molar refractivity (Wildman–Crippen MR) is 141 cm³/mol. The first-order chi connectivity index (χ1) is 17.5. The number of ether oxygens (including phenoxy) is 2. The Bertz CT molecular complexity index is 1360. The molecule has 1 heterocycles. The maximum atomic E-state index is 12.5. The van der Waals surface area contributed by atoms with Crippen LogP contribution in [-0.4, -0.2) is 23.5 Å². The van der Waals surface area contributed by atoms with Gasteiger partial charge in [0.05, 0.1) is 29.3 Å². The van der Waals surface area contributed by atoms with Gasteiger partial charge in [-0.2, -0.15) is 4.37 Å². The lowest BCUT2D eigenvalue weighted by Crippen LogP contribution is -2.21. The van der Waals surface area contributed by atoms with Gasteiger partial charge in [-0.05, 0) is 59.1 Å². The molecule has 1 amide bonds. The van der Waals surface area contributed by atoms with Crippen LogP contribution in [0.1, 0.15) is 37.0 Å². The molecule has 4 aromatic rings. The number of hydrogen-bond donors (Lipinski definition) is 1. The van der Waals surface area contributed by atoms with Gasteiger partial charge in [0.2, 0.25) is 0 Å². The molecule has 1 N–H and O–H groups in total. The van der Waals surface area contributed by atoms with Gasteiger partial charge in [0.1, 0.15) is 6.10 Å². The van der Waals surface area contributed by atoms with Crippen molar-refractivity contribution in [2.75, 3.05) is 12.4 Å². The molecule has 1 aromatic heterocycles. The van der Waals surface area contributed by atoms with Crippen molar-refractivity contribution in [3.8, 4) is 21.6 Å². The van der Waals surface area contributed by atoms with E-state index in [0.29, 0.717) is 5.69 Å². The van der Waals surface area contributed by atoms with E-state index < -0.39 is 11.5 Å². The second kappa shape index (κ2) is 9.95. The molecule has 1 aliphatic carbocycles. The second-order valence-corrected chi connectivity index (χ2v) is 9.68. The van der Waals surface area contributed by atoms with Crippen LogP contribution >= 0.6 is 11.5 Å². The highest BCUT2D eigenvalue weighted by Gasteiger charge is 2.52. The zero-order chi connectivity index (χ0) is 25.1. The number of methoxy groups -OCH3 is 1. The third-order valence-corrected chi connectivity index (χ3v) is 7.45. The van der Waals surface area contributed by atoms with E-state index in [1.807, 2.05) is 85.8 Å². The standard InChI is InChI=1S/C29H26N2O4S/c1-19(20-6-4-3-5-7-20)35-28(33)31-25-18-30-36-26(25)23-10-8-21(9-11-23)22-12-14-24(15-13-22)29(16-17-29)27(32)34-2/h3-15,18-19H,16-17H2,1-2H3,(H,31,33)/t19-/m1/s1. The van der Waals surface area contributed by atoms with E-state index in [1.165, 1.54) is 18.6 Å². The minimum Gasteiger partial charge on any atom is -0.468 e. The Morgan fingerprint density at radius 1 is 0.917 bits per heavy atom. The van der Waals surface area contributed by atoms with Crippen LogP contribution < -0.4 is 5.32 Å². The molecular formula is C29H26N2O4S. The lowest BCUT2D eigenvalue weighted by atomic mass is 9.93. The summed E-state index contributed by atoms with van der Waals surface area (Å²) in [5.74, 6) is -0.160. The van der Waals surface area contributed by atoms with Crippen LogP contribution in [0.25, 0.3) is 21.6 Å². The summed E-state index contributed by atoms with van der Waals surface area (Å²) in [6.45, 7) is 1.84. The summed E-state index contributed by atoms with van der Waals surface area (Å²) in [6.07, 6.45) is 2.41. The van der Waals surface area contributed by atoms with Gasteiger partial charge in [0.25, 0.3) is 0 Å². The third-order valence-electron chi connectivity index (χ3n) is 6.60. The molecule has 1 atom stereocenters.